The lowest BCUT2D eigenvalue weighted by atomic mass is 9.96. The Kier molecular flexibility index (Phi) is 4.15. The molecule has 0 N–H and O–H groups in total. The predicted octanol–water partition coefficient (Wildman–Crippen LogP) is 6.63. The number of pyridine rings is 2. The van der Waals surface area contributed by atoms with Crippen LogP contribution in [0.4, 0.5) is 0 Å². The summed E-state index contributed by atoms with van der Waals surface area (Å²) in [5.74, 6) is 0. The van der Waals surface area contributed by atoms with Crippen LogP contribution in [0.5, 0.6) is 0 Å². The molecule has 2 aromatic heterocycles. The fourth-order valence-electron chi connectivity index (χ4n) is 3.58. The zero-order valence-electron chi connectivity index (χ0n) is 15.3. The number of rotatable bonds is 3. The summed E-state index contributed by atoms with van der Waals surface area (Å²) in [6, 6.07) is 35.3. The maximum absolute atomic E-state index is 5.07. The van der Waals surface area contributed by atoms with Gasteiger partial charge in [0.25, 0.3) is 0 Å². The van der Waals surface area contributed by atoms with Gasteiger partial charge in [-0.05, 0) is 17.7 Å². The molecule has 0 bridgehead atoms. The molecule has 28 heavy (non-hydrogen) atoms. The van der Waals surface area contributed by atoms with Crippen LogP contribution < -0.4 is 0 Å². The van der Waals surface area contributed by atoms with Crippen molar-refractivity contribution in [2.45, 2.75) is 0 Å². The summed E-state index contributed by atoms with van der Waals surface area (Å²) in [4.78, 5) is 9.74. The van der Waals surface area contributed by atoms with E-state index in [4.69, 9.17) is 4.98 Å². The quantitative estimate of drug-likeness (QED) is 0.362. The van der Waals surface area contributed by atoms with Gasteiger partial charge in [-0.3, -0.25) is 4.98 Å². The Hall–Kier alpha value is -3.78. The van der Waals surface area contributed by atoms with E-state index >= 15 is 0 Å². The summed E-state index contributed by atoms with van der Waals surface area (Å²) < 4.78 is 0. The maximum Gasteiger partial charge on any atom is 0.0796 e. The lowest BCUT2D eigenvalue weighted by Crippen LogP contribution is -1.94. The van der Waals surface area contributed by atoms with Crippen LogP contribution in [0, 0.1) is 0 Å². The lowest BCUT2D eigenvalue weighted by Gasteiger charge is -2.13. The van der Waals surface area contributed by atoms with Crippen LogP contribution >= 0.6 is 0 Å². The number of benzene rings is 3. The SMILES string of the molecule is c1ccc(-c2cc3c(-c4ccccc4)nccc3nc2-c2ccccc2)cc1. The second kappa shape index (κ2) is 7.09. The summed E-state index contributed by atoms with van der Waals surface area (Å²) in [5.41, 5.74) is 7.38. The van der Waals surface area contributed by atoms with Crippen molar-refractivity contribution in [3.8, 4) is 33.6 Å². The average molecular weight is 358 g/mol. The van der Waals surface area contributed by atoms with Gasteiger partial charge in [-0.15, -0.1) is 0 Å². The van der Waals surface area contributed by atoms with Gasteiger partial charge in [0.1, 0.15) is 0 Å². The monoisotopic (exact) mass is 358 g/mol. The minimum Gasteiger partial charge on any atom is -0.255 e. The summed E-state index contributed by atoms with van der Waals surface area (Å²) in [6.45, 7) is 0. The molecule has 0 aliphatic heterocycles. The predicted molar refractivity (Wildman–Crippen MR) is 116 cm³/mol. The van der Waals surface area contributed by atoms with Gasteiger partial charge >= 0.3 is 0 Å². The second-order valence-corrected chi connectivity index (χ2v) is 6.71. The molecule has 132 valence electrons. The molecule has 0 aliphatic carbocycles. The lowest BCUT2D eigenvalue weighted by molar-refractivity contribution is 1.32. The molecule has 0 atom stereocenters. The van der Waals surface area contributed by atoms with Crippen molar-refractivity contribution in [1.29, 1.82) is 0 Å². The Morgan fingerprint density at radius 3 is 1.64 bits per heavy atom. The normalized spacial score (nSPS) is 10.9. The number of hydrogen-bond acceptors (Lipinski definition) is 2. The van der Waals surface area contributed by atoms with Gasteiger partial charge in [0.15, 0.2) is 0 Å². The molecule has 0 spiro atoms. The first kappa shape index (κ1) is 16.4. The summed E-state index contributed by atoms with van der Waals surface area (Å²) in [6.07, 6.45) is 1.84. The first-order chi connectivity index (χ1) is 13.9. The molecule has 0 amide bonds. The van der Waals surface area contributed by atoms with E-state index in [0.717, 1.165) is 44.5 Å². The van der Waals surface area contributed by atoms with Crippen molar-refractivity contribution in [3.05, 3.63) is 109 Å². The standard InChI is InChI=1S/C26H18N2/c1-4-10-19(11-5-1)22-18-23-24(28-26(22)21-14-8-3-9-15-21)16-17-27-25(23)20-12-6-2-7-13-20/h1-18H. The number of nitrogens with zero attached hydrogens (tertiary/aromatic N) is 2. The molecule has 5 rings (SSSR count). The Bertz CT molecular complexity index is 1230. The third kappa shape index (κ3) is 2.95. The Morgan fingerprint density at radius 2 is 1.04 bits per heavy atom. The fourth-order valence-corrected chi connectivity index (χ4v) is 3.58. The molecule has 0 unspecified atom stereocenters. The highest BCUT2D eigenvalue weighted by Crippen LogP contribution is 2.35. The largest absolute Gasteiger partial charge is 0.255 e. The van der Waals surface area contributed by atoms with Crippen LogP contribution in [-0.2, 0) is 0 Å². The Balaban J connectivity index is 1.83. The molecule has 5 aromatic rings. The first-order valence-electron chi connectivity index (χ1n) is 9.36. The van der Waals surface area contributed by atoms with E-state index < -0.39 is 0 Å². The molecular formula is C26H18N2. The van der Waals surface area contributed by atoms with Crippen molar-refractivity contribution in [1.82, 2.24) is 9.97 Å². The third-order valence-electron chi connectivity index (χ3n) is 4.92. The van der Waals surface area contributed by atoms with Crippen LogP contribution in [0.2, 0.25) is 0 Å². The van der Waals surface area contributed by atoms with Gasteiger partial charge in [0, 0.05) is 28.3 Å². The number of aromatic nitrogens is 2. The molecule has 2 heterocycles. The van der Waals surface area contributed by atoms with Crippen molar-refractivity contribution < 1.29 is 0 Å². The third-order valence-corrected chi connectivity index (χ3v) is 4.92. The molecule has 0 fully saturated rings. The minimum atomic E-state index is 0.951. The van der Waals surface area contributed by atoms with Crippen molar-refractivity contribution in [3.63, 3.8) is 0 Å². The van der Waals surface area contributed by atoms with E-state index in [1.54, 1.807) is 0 Å². The molecule has 3 aromatic carbocycles. The van der Waals surface area contributed by atoms with Gasteiger partial charge < -0.3 is 0 Å². The van der Waals surface area contributed by atoms with E-state index in [0.29, 0.717) is 0 Å². The highest BCUT2D eigenvalue weighted by Gasteiger charge is 2.14. The van der Waals surface area contributed by atoms with Crippen molar-refractivity contribution >= 4 is 10.9 Å². The number of fused-ring (bicyclic) bond motifs is 1. The molecular weight excluding hydrogens is 340 g/mol. The van der Waals surface area contributed by atoms with Gasteiger partial charge in [0.05, 0.1) is 16.9 Å². The van der Waals surface area contributed by atoms with E-state index in [-0.39, 0.29) is 0 Å². The van der Waals surface area contributed by atoms with Crippen LogP contribution in [0.25, 0.3) is 44.5 Å². The topological polar surface area (TPSA) is 25.8 Å². The van der Waals surface area contributed by atoms with E-state index in [9.17, 15) is 0 Å². The van der Waals surface area contributed by atoms with Crippen LogP contribution in [0.3, 0.4) is 0 Å². The zero-order chi connectivity index (χ0) is 18.8. The molecule has 2 nitrogen and oxygen atoms in total. The van der Waals surface area contributed by atoms with Crippen LogP contribution in [0.1, 0.15) is 0 Å². The number of hydrogen-bond donors (Lipinski definition) is 0. The summed E-state index contributed by atoms with van der Waals surface area (Å²) in [5, 5.41) is 1.06. The highest BCUT2D eigenvalue weighted by molar-refractivity contribution is 5.98. The van der Waals surface area contributed by atoms with E-state index in [1.165, 1.54) is 0 Å². The summed E-state index contributed by atoms with van der Waals surface area (Å²) >= 11 is 0. The molecule has 0 aliphatic rings. The minimum absolute atomic E-state index is 0.951. The zero-order valence-corrected chi connectivity index (χ0v) is 15.3. The molecule has 2 heteroatoms. The molecule has 0 radical (unpaired) electrons. The van der Waals surface area contributed by atoms with E-state index in [2.05, 4.69) is 71.7 Å². The van der Waals surface area contributed by atoms with Gasteiger partial charge in [-0.1, -0.05) is 91.0 Å². The second-order valence-electron chi connectivity index (χ2n) is 6.71. The summed E-state index contributed by atoms with van der Waals surface area (Å²) in [7, 11) is 0. The molecule has 0 saturated heterocycles. The molecule has 0 saturated carbocycles. The van der Waals surface area contributed by atoms with Crippen LogP contribution in [0.15, 0.2) is 109 Å². The Labute approximate surface area is 164 Å². The average Bonchev–Trinajstić information content (AvgIpc) is 2.79. The fraction of sp³-hybridized carbons (Fsp3) is 0. The Morgan fingerprint density at radius 1 is 0.500 bits per heavy atom. The van der Waals surface area contributed by atoms with E-state index in [1.807, 2.05) is 42.6 Å². The van der Waals surface area contributed by atoms with Crippen molar-refractivity contribution in [2.24, 2.45) is 0 Å². The smallest absolute Gasteiger partial charge is 0.0796 e. The van der Waals surface area contributed by atoms with Gasteiger partial charge in [-0.25, -0.2) is 4.98 Å². The maximum atomic E-state index is 5.07. The van der Waals surface area contributed by atoms with Crippen LogP contribution in [-0.4, -0.2) is 9.97 Å². The highest BCUT2D eigenvalue weighted by atomic mass is 14.7. The van der Waals surface area contributed by atoms with Crippen molar-refractivity contribution in [2.75, 3.05) is 0 Å². The first-order valence-corrected chi connectivity index (χ1v) is 9.36. The van der Waals surface area contributed by atoms with Gasteiger partial charge in [0.2, 0.25) is 0 Å². The van der Waals surface area contributed by atoms with Gasteiger partial charge in [-0.2, -0.15) is 0 Å².